The van der Waals surface area contributed by atoms with Crippen molar-refractivity contribution >= 4 is 17.2 Å². The third kappa shape index (κ3) is 2.54. The molecule has 4 nitrogen and oxygen atoms in total. The molecule has 1 aliphatic heterocycles. The number of amides is 1. The van der Waals surface area contributed by atoms with Crippen LogP contribution in [0.3, 0.4) is 0 Å². The molecule has 0 aliphatic carbocycles. The summed E-state index contributed by atoms with van der Waals surface area (Å²) in [7, 11) is 0. The number of nitrogens with zero attached hydrogens (tertiary/aromatic N) is 1. The van der Waals surface area contributed by atoms with Crippen molar-refractivity contribution in [2.75, 3.05) is 6.54 Å². The molecule has 0 saturated carbocycles. The van der Waals surface area contributed by atoms with Gasteiger partial charge in [-0.1, -0.05) is 0 Å². The maximum absolute atomic E-state index is 11.7. The highest BCUT2D eigenvalue weighted by atomic mass is 32.1. The number of rotatable bonds is 3. The Morgan fingerprint density at radius 1 is 1.80 bits per heavy atom. The van der Waals surface area contributed by atoms with E-state index in [1.807, 2.05) is 12.4 Å². The van der Waals surface area contributed by atoms with Crippen molar-refractivity contribution in [2.24, 2.45) is 0 Å². The third-order valence-electron chi connectivity index (χ3n) is 2.64. The van der Waals surface area contributed by atoms with Gasteiger partial charge in [-0.3, -0.25) is 4.79 Å². The Morgan fingerprint density at radius 3 is 3.27 bits per heavy atom. The van der Waals surface area contributed by atoms with E-state index in [1.54, 1.807) is 11.3 Å². The second-order valence-electron chi connectivity index (χ2n) is 3.73. The van der Waals surface area contributed by atoms with Crippen molar-refractivity contribution in [2.45, 2.75) is 32.4 Å². The van der Waals surface area contributed by atoms with E-state index < -0.39 is 0 Å². The van der Waals surface area contributed by atoms with E-state index >= 15 is 0 Å². The predicted octanol–water partition coefficient (Wildman–Crippen LogP) is 0.820. The average Bonchev–Trinajstić information content (AvgIpc) is 2.85. The van der Waals surface area contributed by atoms with Gasteiger partial charge in [0.1, 0.15) is 0 Å². The van der Waals surface area contributed by atoms with Crippen LogP contribution in [0.25, 0.3) is 0 Å². The van der Waals surface area contributed by atoms with Crippen LogP contribution in [-0.4, -0.2) is 23.5 Å². The second-order valence-corrected chi connectivity index (χ2v) is 4.67. The largest absolute Gasteiger partial charge is 0.350 e. The minimum atomic E-state index is 0.0122. The van der Waals surface area contributed by atoms with Gasteiger partial charge in [-0.25, -0.2) is 4.98 Å². The van der Waals surface area contributed by atoms with Gasteiger partial charge in [-0.15, -0.1) is 11.3 Å². The number of hydrogen-bond acceptors (Lipinski definition) is 4. The number of nitrogens with one attached hydrogen (secondary N) is 2. The lowest BCUT2D eigenvalue weighted by atomic mass is 10.2. The smallest absolute Gasteiger partial charge is 0.237 e. The summed E-state index contributed by atoms with van der Waals surface area (Å²) >= 11 is 1.59. The number of aromatic nitrogens is 1. The van der Waals surface area contributed by atoms with Crippen molar-refractivity contribution in [1.82, 2.24) is 15.6 Å². The lowest BCUT2D eigenvalue weighted by molar-refractivity contribution is -0.122. The van der Waals surface area contributed by atoms with Crippen molar-refractivity contribution in [1.29, 1.82) is 0 Å². The third-order valence-corrected chi connectivity index (χ3v) is 3.58. The molecule has 1 saturated heterocycles. The van der Waals surface area contributed by atoms with Gasteiger partial charge < -0.3 is 10.6 Å². The van der Waals surface area contributed by atoms with Crippen LogP contribution in [0.15, 0.2) is 5.51 Å². The highest BCUT2D eigenvalue weighted by Crippen LogP contribution is 2.12. The maximum Gasteiger partial charge on any atom is 0.237 e. The van der Waals surface area contributed by atoms with Crippen LogP contribution in [0, 0.1) is 6.92 Å². The summed E-state index contributed by atoms with van der Waals surface area (Å²) in [5.74, 6) is 0.111. The highest BCUT2D eigenvalue weighted by molar-refractivity contribution is 7.09. The summed E-state index contributed by atoms with van der Waals surface area (Å²) in [6.45, 7) is 3.52. The Kier molecular flexibility index (Phi) is 3.33. The zero-order chi connectivity index (χ0) is 10.7. The summed E-state index contributed by atoms with van der Waals surface area (Å²) < 4.78 is 0. The molecule has 5 heteroatoms. The molecule has 1 aliphatic rings. The number of carbonyl (C=O) groups is 1. The van der Waals surface area contributed by atoms with Crippen molar-refractivity contribution < 1.29 is 4.79 Å². The summed E-state index contributed by atoms with van der Waals surface area (Å²) in [5, 5.41) is 6.11. The SMILES string of the molecule is Cc1ncsc1CNC(=O)[C@@H]1CCCN1. The van der Waals surface area contributed by atoms with Crippen LogP contribution in [-0.2, 0) is 11.3 Å². The lowest BCUT2D eigenvalue weighted by Crippen LogP contribution is -2.39. The molecule has 1 aromatic heterocycles. The average molecular weight is 225 g/mol. The normalized spacial score (nSPS) is 20.5. The van der Waals surface area contributed by atoms with Gasteiger partial charge >= 0.3 is 0 Å². The molecule has 0 bridgehead atoms. The zero-order valence-electron chi connectivity index (χ0n) is 8.75. The Labute approximate surface area is 93.1 Å². The first kappa shape index (κ1) is 10.6. The molecule has 15 heavy (non-hydrogen) atoms. The Hall–Kier alpha value is -0.940. The first-order valence-electron chi connectivity index (χ1n) is 5.17. The first-order chi connectivity index (χ1) is 7.27. The van der Waals surface area contributed by atoms with Crippen LogP contribution in [0.4, 0.5) is 0 Å². The van der Waals surface area contributed by atoms with Gasteiger partial charge in [0, 0.05) is 4.88 Å². The number of thiazole rings is 1. The second kappa shape index (κ2) is 4.72. The van der Waals surface area contributed by atoms with Crippen molar-refractivity contribution in [3.8, 4) is 0 Å². The summed E-state index contributed by atoms with van der Waals surface area (Å²) in [6.07, 6.45) is 2.05. The monoisotopic (exact) mass is 225 g/mol. The molecular formula is C10H15N3OS. The van der Waals surface area contributed by atoms with Gasteiger partial charge in [-0.2, -0.15) is 0 Å². The van der Waals surface area contributed by atoms with E-state index in [4.69, 9.17) is 0 Å². The first-order valence-corrected chi connectivity index (χ1v) is 6.05. The Balaban J connectivity index is 1.83. The fourth-order valence-corrected chi connectivity index (χ4v) is 2.41. The fourth-order valence-electron chi connectivity index (χ4n) is 1.69. The molecule has 0 radical (unpaired) electrons. The molecule has 82 valence electrons. The minimum absolute atomic E-state index is 0.0122. The van der Waals surface area contributed by atoms with Crippen LogP contribution < -0.4 is 10.6 Å². The van der Waals surface area contributed by atoms with Crippen molar-refractivity contribution in [3.63, 3.8) is 0 Å². The quantitative estimate of drug-likeness (QED) is 0.801. The molecule has 1 aromatic rings. The van der Waals surface area contributed by atoms with E-state index in [2.05, 4.69) is 15.6 Å². The molecular weight excluding hydrogens is 210 g/mol. The van der Waals surface area contributed by atoms with Crippen LogP contribution in [0.5, 0.6) is 0 Å². The van der Waals surface area contributed by atoms with Gasteiger partial charge in [-0.05, 0) is 26.3 Å². The van der Waals surface area contributed by atoms with E-state index in [0.29, 0.717) is 6.54 Å². The van der Waals surface area contributed by atoms with Crippen LogP contribution >= 0.6 is 11.3 Å². The van der Waals surface area contributed by atoms with Gasteiger partial charge in [0.2, 0.25) is 5.91 Å². The van der Waals surface area contributed by atoms with E-state index in [0.717, 1.165) is 30.0 Å². The Bertz CT molecular complexity index is 344. The zero-order valence-corrected chi connectivity index (χ0v) is 9.56. The molecule has 1 amide bonds. The summed E-state index contributed by atoms with van der Waals surface area (Å²) in [5.41, 5.74) is 2.82. The van der Waals surface area contributed by atoms with Gasteiger partial charge in [0.05, 0.1) is 23.8 Å². The molecule has 1 fully saturated rings. The van der Waals surface area contributed by atoms with Crippen LogP contribution in [0.1, 0.15) is 23.4 Å². The molecule has 2 N–H and O–H groups in total. The number of hydrogen-bond donors (Lipinski definition) is 2. The maximum atomic E-state index is 11.7. The van der Waals surface area contributed by atoms with E-state index in [1.165, 1.54) is 0 Å². The Morgan fingerprint density at radius 2 is 2.67 bits per heavy atom. The van der Waals surface area contributed by atoms with Crippen molar-refractivity contribution in [3.05, 3.63) is 16.1 Å². The standard InChI is InChI=1S/C10H15N3OS/c1-7-9(15-6-13-7)5-12-10(14)8-3-2-4-11-8/h6,8,11H,2-5H2,1H3,(H,12,14)/t8-/m0/s1. The highest BCUT2D eigenvalue weighted by Gasteiger charge is 2.21. The molecule has 0 spiro atoms. The summed E-state index contributed by atoms with van der Waals surface area (Å²) in [4.78, 5) is 16.9. The van der Waals surface area contributed by atoms with E-state index in [-0.39, 0.29) is 11.9 Å². The van der Waals surface area contributed by atoms with E-state index in [9.17, 15) is 4.79 Å². The number of carbonyl (C=O) groups excluding carboxylic acids is 1. The molecule has 2 heterocycles. The predicted molar refractivity (Wildman–Crippen MR) is 59.7 cm³/mol. The topological polar surface area (TPSA) is 54.0 Å². The molecule has 0 aromatic carbocycles. The summed E-state index contributed by atoms with van der Waals surface area (Å²) in [6, 6.07) is 0.0122. The lowest BCUT2D eigenvalue weighted by Gasteiger charge is -2.10. The fraction of sp³-hybridized carbons (Fsp3) is 0.600. The molecule has 2 rings (SSSR count). The molecule has 0 unspecified atom stereocenters. The van der Waals surface area contributed by atoms with Gasteiger partial charge in [0.25, 0.3) is 0 Å². The molecule has 1 atom stereocenters. The number of aryl methyl sites for hydroxylation is 1. The van der Waals surface area contributed by atoms with Crippen LogP contribution in [0.2, 0.25) is 0 Å². The van der Waals surface area contributed by atoms with Gasteiger partial charge in [0.15, 0.2) is 0 Å². The minimum Gasteiger partial charge on any atom is -0.350 e.